The van der Waals surface area contributed by atoms with Gasteiger partial charge in [0.15, 0.2) is 5.96 Å². The minimum absolute atomic E-state index is 0.733. The van der Waals surface area contributed by atoms with Crippen LogP contribution in [0.3, 0.4) is 0 Å². The smallest absolute Gasteiger partial charge is 0.191 e. The van der Waals surface area contributed by atoms with Gasteiger partial charge in [-0.05, 0) is 43.5 Å². The zero-order chi connectivity index (χ0) is 15.1. The summed E-state index contributed by atoms with van der Waals surface area (Å²) in [6, 6.07) is 8.58. The molecule has 1 aliphatic rings. The van der Waals surface area contributed by atoms with Crippen LogP contribution < -0.4 is 10.6 Å². The summed E-state index contributed by atoms with van der Waals surface area (Å²) in [6.45, 7) is 6.42. The highest BCUT2D eigenvalue weighted by Gasteiger charge is 2.19. The lowest BCUT2D eigenvalue weighted by Crippen LogP contribution is -2.39. The second kappa shape index (κ2) is 8.03. The minimum Gasteiger partial charge on any atom is -0.356 e. The second-order valence-electron chi connectivity index (χ2n) is 5.85. The molecule has 0 radical (unpaired) electrons. The van der Waals surface area contributed by atoms with Crippen molar-refractivity contribution in [1.29, 1.82) is 0 Å². The van der Waals surface area contributed by atoms with E-state index in [9.17, 15) is 0 Å². The predicted octanol–water partition coefficient (Wildman–Crippen LogP) is 1.87. The van der Waals surface area contributed by atoms with Gasteiger partial charge in [-0.15, -0.1) is 0 Å². The maximum atomic E-state index is 4.32. The number of benzene rings is 1. The van der Waals surface area contributed by atoms with Crippen LogP contribution in [0.2, 0.25) is 0 Å². The number of hydrogen-bond donors (Lipinski definition) is 2. The van der Waals surface area contributed by atoms with Crippen LogP contribution in [0.4, 0.5) is 0 Å². The lowest BCUT2D eigenvalue weighted by Gasteiger charge is -2.16. The molecule has 116 valence electrons. The Kier molecular flexibility index (Phi) is 6.05. The molecule has 1 aromatic rings. The molecule has 0 aliphatic carbocycles. The Hall–Kier alpha value is -1.55. The molecular formula is C17H28N4. The van der Waals surface area contributed by atoms with E-state index in [1.807, 2.05) is 7.05 Å². The van der Waals surface area contributed by atoms with Crippen molar-refractivity contribution in [3.63, 3.8) is 0 Å². The molecule has 2 rings (SSSR count). The predicted molar refractivity (Wildman–Crippen MR) is 89.6 cm³/mol. The van der Waals surface area contributed by atoms with Crippen LogP contribution in [0, 0.1) is 5.92 Å². The van der Waals surface area contributed by atoms with Gasteiger partial charge in [0.1, 0.15) is 0 Å². The summed E-state index contributed by atoms with van der Waals surface area (Å²) >= 11 is 0. The van der Waals surface area contributed by atoms with Gasteiger partial charge < -0.3 is 15.5 Å². The van der Waals surface area contributed by atoms with E-state index >= 15 is 0 Å². The normalized spacial score (nSPS) is 19.8. The number of nitrogens with one attached hydrogen (secondary N) is 2. The van der Waals surface area contributed by atoms with Crippen LogP contribution in [0.1, 0.15) is 24.5 Å². The lowest BCUT2D eigenvalue weighted by molar-refractivity contribution is 0.394. The van der Waals surface area contributed by atoms with Crippen LogP contribution >= 0.6 is 0 Å². The Morgan fingerprint density at radius 1 is 1.29 bits per heavy atom. The van der Waals surface area contributed by atoms with Gasteiger partial charge in [-0.1, -0.05) is 31.2 Å². The molecule has 1 aromatic carbocycles. The van der Waals surface area contributed by atoms with Gasteiger partial charge >= 0.3 is 0 Å². The third-order valence-corrected chi connectivity index (χ3v) is 4.22. The topological polar surface area (TPSA) is 39.7 Å². The van der Waals surface area contributed by atoms with Crippen molar-refractivity contribution in [2.24, 2.45) is 10.9 Å². The van der Waals surface area contributed by atoms with E-state index in [0.717, 1.165) is 31.4 Å². The summed E-state index contributed by atoms with van der Waals surface area (Å²) in [4.78, 5) is 6.71. The van der Waals surface area contributed by atoms with E-state index in [0.29, 0.717) is 0 Å². The molecule has 2 N–H and O–H groups in total. The molecule has 0 bridgehead atoms. The summed E-state index contributed by atoms with van der Waals surface area (Å²) in [6.07, 6.45) is 2.34. The Balaban J connectivity index is 1.80. The summed E-state index contributed by atoms with van der Waals surface area (Å²) in [5.41, 5.74) is 2.75. The Morgan fingerprint density at radius 3 is 2.67 bits per heavy atom. The fourth-order valence-corrected chi connectivity index (χ4v) is 2.91. The molecule has 0 aromatic heterocycles. The number of rotatable bonds is 5. The number of aliphatic imine (C=N–C) groups is 1. The van der Waals surface area contributed by atoms with Gasteiger partial charge in [0.2, 0.25) is 0 Å². The van der Waals surface area contributed by atoms with Gasteiger partial charge in [0.25, 0.3) is 0 Å². The standard InChI is InChI=1S/C17H28N4/c1-4-15-7-5-6-8-16(15)12-20-17(18-2)19-11-14-9-10-21(3)13-14/h5-8,14H,4,9-13H2,1-3H3,(H2,18,19,20). The van der Waals surface area contributed by atoms with Crippen LogP contribution in [0.5, 0.6) is 0 Å². The van der Waals surface area contributed by atoms with E-state index < -0.39 is 0 Å². The van der Waals surface area contributed by atoms with Crippen molar-refractivity contribution in [3.8, 4) is 0 Å². The van der Waals surface area contributed by atoms with Gasteiger partial charge in [-0.3, -0.25) is 4.99 Å². The SMILES string of the molecule is CCc1ccccc1CNC(=NC)NCC1CCN(C)C1. The molecular weight excluding hydrogens is 260 g/mol. The highest BCUT2D eigenvalue weighted by atomic mass is 15.2. The quantitative estimate of drug-likeness (QED) is 0.642. The summed E-state index contributed by atoms with van der Waals surface area (Å²) in [7, 11) is 4.02. The highest BCUT2D eigenvalue weighted by molar-refractivity contribution is 5.79. The van der Waals surface area contributed by atoms with Crippen molar-refractivity contribution < 1.29 is 0 Å². The molecule has 1 saturated heterocycles. The summed E-state index contributed by atoms with van der Waals surface area (Å²) in [5, 5.41) is 6.87. The number of aryl methyl sites for hydroxylation is 1. The van der Waals surface area contributed by atoms with Gasteiger partial charge in [0.05, 0.1) is 0 Å². The van der Waals surface area contributed by atoms with E-state index in [4.69, 9.17) is 0 Å². The molecule has 1 atom stereocenters. The van der Waals surface area contributed by atoms with Gasteiger partial charge in [0, 0.05) is 26.7 Å². The average molecular weight is 288 g/mol. The maximum absolute atomic E-state index is 4.32. The first-order valence-corrected chi connectivity index (χ1v) is 7.92. The van der Waals surface area contributed by atoms with Gasteiger partial charge in [-0.2, -0.15) is 0 Å². The molecule has 21 heavy (non-hydrogen) atoms. The molecule has 0 amide bonds. The Morgan fingerprint density at radius 2 is 2.05 bits per heavy atom. The fourth-order valence-electron chi connectivity index (χ4n) is 2.91. The van der Waals surface area contributed by atoms with Crippen LogP contribution in [-0.2, 0) is 13.0 Å². The van der Waals surface area contributed by atoms with E-state index in [1.54, 1.807) is 0 Å². The summed E-state index contributed by atoms with van der Waals surface area (Å²) in [5.74, 6) is 1.63. The molecule has 1 unspecified atom stereocenters. The first kappa shape index (κ1) is 15.8. The maximum Gasteiger partial charge on any atom is 0.191 e. The van der Waals surface area contributed by atoms with Crippen LogP contribution in [0.15, 0.2) is 29.3 Å². The first-order valence-electron chi connectivity index (χ1n) is 7.92. The van der Waals surface area contributed by atoms with Crippen molar-refractivity contribution in [3.05, 3.63) is 35.4 Å². The second-order valence-corrected chi connectivity index (χ2v) is 5.85. The summed E-state index contributed by atoms with van der Waals surface area (Å²) < 4.78 is 0. The molecule has 1 aliphatic heterocycles. The molecule has 0 saturated carbocycles. The number of guanidine groups is 1. The largest absolute Gasteiger partial charge is 0.356 e. The van der Waals surface area contributed by atoms with E-state index in [2.05, 4.69) is 58.8 Å². The minimum atomic E-state index is 0.733. The van der Waals surface area contributed by atoms with Crippen molar-refractivity contribution in [2.75, 3.05) is 33.7 Å². The monoisotopic (exact) mass is 288 g/mol. The number of hydrogen-bond acceptors (Lipinski definition) is 2. The van der Waals surface area contributed by atoms with E-state index in [1.165, 1.54) is 30.6 Å². The number of likely N-dealkylation sites (tertiary alicyclic amines) is 1. The lowest BCUT2D eigenvalue weighted by atomic mass is 10.1. The van der Waals surface area contributed by atoms with E-state index in [-0.39, 0.29) is 0 Å². The van der Waals surface area contributed by atoms with Crippen molar-refractivity contribution >= 4 is 5.96 Å². The van der Waals surface area contributed by atoms with Crippen LogP contribution in [0.25, 0.3) is 0 Å². The molecule has 4 nitrogen and oxygen atoms in total. The zero-order valence-electron chi connectivity index (χ0n) is 13.5. The molecule has 4 heteroatoms. The van der Waals surface area contributed by atoms with Crippen molar-refractivity contribution in [1.82, 2.24) is 15.5 Å². The van der Waals surface area contributed by atoms with Crippen LogP contribution in [-0.4, -0.2) is 44.6 Å². The number of nitrogens with zero attached hydrogens (tertiary/aromatic N) is 2. The molecule has 1 heterocycles. The Bertz CT molecular complexity index is 470. The highest BCUT2D eigenvalue weighted by Crippen LogP contribution is 2.12. The zero-order valence-corrected chi connectivity index (χ0v) is 13.5. The third kappa shape index (κ3) is 4.74. The molecule has 0 spiro atoms. The average Bonchev–Trinajstić information content (AvgIpc) is 2.93. The molecule has 1 fully saturated rings. The fraction of sp³-hybridized carbons (Fsp3) is 0.588. The first-order chi connectivity index (χ1) is 10.2. The van der Waals surface area contributed by atoms with Crippen molar-refractivity contribution in [2.45, 2.75) is 26.3 Å². The van der Waals surface area contributed by atoms with Gasteiger partial charge in [-0.25, -0.2) is 0 Å². The third-order valence-electron chi connectivity index (χ3n) is 4.22. The Labute approximate surface area is 128 Å².